The number of nitrogens with one attached hydrogen (secondary N) is 1. The predicted octanol–water partition coefficient (Wildman–Crippen LogP) is 1.72. The molecule has 1 amide bonds. The van der Waals surface area contributed by atoms with E-state index in [2.05, 4.69) is 18.3 Å². The van der Waals surface area contributed by atoms with Crippen molar-refractivity contribution in [1.29, 1.82) is 0 Å². The van der Waals surface area contributed by atoms with Crippen molar-refractivity contribution in [1.82, 2.24) is 5.32 Å². The third kappa shape index (κ3) is 3.74. The van der Waals surface area contributed by atoms with Gasteiger partial charge in [-0.25, -0.2) is 0 Å². The second kappa shape index (κ2) is 5.36. The van der Waals surface area contributed by atoms with Gasteiger partial charge in [-0.05, 0) is 18.1 Å². The Kier molecular flexibility index (Phi) is 4.03. The Balaban J connectivity index is 2.31. The first-order chi connectivity index (χ1) is 6.33. The molecule has 2 heteroatoms. The topological polar surface area (TPSA) is 29.1 Å². The maximum Gasteiger partial charge on any atom is 0.220 e. The van der Waals surface area contributed by atoms with Gasteiger partial charge < -0.3 is 5.32 Å². The lowest BCUT2D eigenvalue weighted by Gasteiger charge is -2.03. The molecule has 2 radical (unpaired) electrons. The Morgan fingerprint density at radius 3 is 2.77 bits per heavy atom. The molecule has 0 aliphatic rings. The van der Waals surface area contributed by atoms with Gasteiger partial charge in [-0.3, -0.25) is 4.79 Å². The monoisotopic (exact) mass is 175 g/mol. The van der Waals surface area contributed by atoms with Crippen LogP contribution in [0.5, 0.6) is 0 Å². The van der Waals surface area contributed by atoms with Crippen molar-refractivity contribution in [3.05, 3.63) is 42.8 Å². The number of hydrogen-bond acceptors (Lipinski definition) is 1. The van der Waals surface area contributed by atoms with Gasteiger partial charge in [0.25, 0.3) is 0 Å². The molecule has 0 atom stereocenters. The number of carbonyl (C=O) groups is 1. The van der Waals surface area contributed by atoms with E-state index in [4.69, 9.17) is 0 Å². The minimum atomic E-state index is 0.0582. The van der Waals surface area contributed by atoms with Gasteiger partial charge in [-0.15, -0.1) is 0 Å². The van der Waals surface area contributed by atoms with Crippen molar-refractivity contribution < 1.29 is 4.79 Å². The van der Waals surface area contributed by atoms with Gasteiger partial charge in [0.2, 0.25) is 5.91 Å². The molecule has 0 saturated carbocycles. The van der Waals surface area contributed by atoms with Crippen LogP contribution in [0.3, 0.4) is 0 Å². The maximum absolute atomic E-state index is 11.1. The molecule has 0 bridgehead atoms. The average Bonchev–Trinajstić information content (AvgIpc) is 2.17. The molecule has 68 valence electrons. The van der Waals surface area contributed by atoms with E-state index in [1.165, 1.54) is 0 Å². The van der Waals surface area contributed by atoms with Crippen LogP contribution in [0.4, 0.5) is 0 Å². The zero-order chi connectivity index (χ0) is 9.52. The SMILES string of the molecule is [CH2]CCC(=O)NCc1cc[c]cc1. The summed E-state index contributed by atoms with van der Waals surface area (Å²) in [6.45, 7) is 4.21. The van der Waals surface area contributed by atoms with Crippen molar-refractivity contribution in [3.63, 3.8) is 0 Å². The Labute approximate surface area is 79.0 Å². The van der Waals surface area contributed by atoms with Gasteiger partial charge >= 0.3 is 0 Å². The zero-order valence-corrected chi connectivity index (χ0v) is 7.55. The zero-order valence-electron chi connectivity index (χ0n) is 7.55. The minimum absolute atomic E-state index is 0.0582. The molecule has 2 nitrogen and oxygen atoms in total. The highest BCUT2D eigenvalue weighted by molar-refractivity contribution is 5.75. The summed E-state index contributed by atoms with van der Waals surface area (Å²) in [7, 11) is 0. The van der Waals surface area contributed by atoms with Gasteiger partial charge in [0.1, 0.15) is 0 Å². The molecule has 1 aromatic rings. The molecular weight excluding hydrogens is 162 g/mol. The van der Waals surface area contributed by atoms with E-state index in [9.17, 15) is 4.79 Å². The highest BCUT2D eigenvalue weighted by Gasteiger charge is 1.97. The van der Waals surface area contributed by atoms with Crippen molar-refractivity contribution in [3.8, 4) is 0 Å². The summed E-state index contributed by atoms with van der Waals surface area (Å²) in [5.74, 6) is 0.0582. The first-order valence-corrected chi connectivity index (χ1v) is 4.34. The Morgan fingerprint density at radius 2 is 2.15 bits per heavy atom. The molecule has 0 aliphatic heterocycles. The predicted molar refractivity (Wildman–Crippen MR) is 51.7 cm³/mol. The van der Waals surface area contributed by atoms with Crippen LogP contribution < -0.4 is 5.32 Å². The molecule has 1 aromatic carbocycles. The Morgan fingerprint density at radius 1 is 1.46 bits per heavy atom. The first-order valence-electron chi connectivity index (χ1n) is 4.34. The van der Waals surface area contributed by atoms with Gasteiger partial charge in [0.05, 0.1) is 0 Å². The highest BCUT2D eigenvalue weighted by atomic mass is 16.1. The number of benzene rings is 1. The third-order valence-corrected chi connectivity index (χ3v) is 1.68. The van der Waals surface area contributed by atoms with Crippen LogP contribution >= 0.6 is 0 Å². The summed E-state index contributed by atoms with van der Waals surface area (Å²) in [6.07, 6.45) is 1.15. The number of rotatable bonds is 4. The van der Waals surface area contributed by atoms with E-state index in [0.717, 1.165) is 5.56 Å². The highest BCUT2D eigenvalue weighted by Crippen LogP contribution is 1.97. The van der Waals surface area contributed by atoms with E-state index >= 15 is 0 Å². The van der Waals surface area contributed by atoms with E-state index in [1.54, 1.807) is 0 Å². The largest absolute Gasteiger partial charge is 0.352 e. The molecule has 0 unspecified atom stereocenters. The first kappa shape index (κ1) is 9.78. The van der Waals surface area contributed by atoms with Crippen molar-refractivity contribution in [2.75, 3.05) is 0 Å². The van der Waals surface area contributed by atoms with Crippen LogP contribution in [-0.2, 0) is 11.3 Å². The lowest BCUT2D eigenvalue weighted by atomic mass is 10.2. The summed E-state index contributed by atoms with van der Waals surface area (Å²) < 4.78 is 0. The fourth-order valence-corrected chi connectivity index (χ4v) is 0.989. The number of hydrogen-bond donors (Lipinski definition) is 1. The number of amides is 1. The van der Waals surface area contributed by atoms with Gasteiger partial charge in [0, 0.05) is 13.0 Å². The smallest absolute Gasteiger partial charge is 0.220 e. The normalized spacial score (nSPS) is 9.62. The van der Waals surface area contributed by atoms with Crippen LogP contribution in [-0.4, -0.2) is 5.91 Å². The molecule has 0 heterocycles. The molecule has 0 aromatic heterocycles. The second-order valence-electron chi connectivity index (χ2n) is 2.79. The summed E-state index contributed by atoms with van der Waals surface area (Å²) >= 11 is 0. The fourth-order valence-electron chi connectivity index (χ4n) is 0.989. The summed E-state index contributed by atoms with van der Waals surface area (Å²) in [4.78, 5) is 11.1. The van der Waals surface area contributed by atoms with Crippen LogP contribution in [0.1, 0.15) is 18.4 Å². The lowest BCUT2D eigenvalue weighted by Crippen LogP contribution is -2.21. The molecule has 0 fully saturated rings. The second-order valence-corrected chi connectivity index (χ2v) is 2.79. The Bertz CT molecular complexity index is 256. The van der Waals surface area contributed by atoms with E-state index in [1.807, 2.05) is 24.3 Å². The third-order valence-electron chi connectivity index (χ3n) is 1.68. The summed E-state index contributed by atoms with van der Waals surface area (Å²) in [6, 6.07) is 10.5. The van der Waals surface area contributed by atoms with E-state index in [-0.39, 0.29) is 5.91 Å². The standard InChI is InChI=1S/C11H13NO/c1-2-6-11(13)12-9-10-7-4-3-5-8-10/h4-5,7-8H,1-2,6,9H2,(H,12,13). The molecule has 13 heavy (non-hydrogen) atoms. The summed E-state index contributed by atoms with van der Waals surface area (Å²) in [5, 5.41) is 2.81. The van der Waals surface area contributed by atoms with Crippen LogP contribution in [0.2, 0.25) is 0 Å². The van der Waals surface area contributed by atoms with Crippen molar-refractivity contribution >= 4 is 5.91 Å². The van der Waals surface area contributed by atoms with Crippen LogP contribution in [0.25, 0.3) is 0 Å². The van der Waals surface area contributed by atoms with Gasteiger partial charge in [-0.1, -0.05) is 31.2 Å². The van der Waals surface area contributed by atoms with Crippen molar-refractivity contribution in [2.45, 2.75) is 19.4 Å². The molecule has 0 spiro atoms. The fraction of sp³-hybridized carbons (Fsp3) is 0.273. The van der Waals surface area contributed by atoms with E-state index in [0.29, 0.717) is 19.4 Å². The lowest BCUT2D eigenvalue weighted by molar-refractivity contribution is -0.121. The molecule has 1 N–H and O–H groups in total. The van der Waals surface area contributed by atoms with Crippen LogP contribution in [0, 0.1) is 13.0 Å². The van der Waals surface area contributed by atoms with E-state index < -0.39 is 0 Å². The van der Waals surface area contributed by atoms with Gasteiger partial charge in [-0.2, -0.15) is 0 Å². The van der Waals surface area contributed by atoms with Crippen LogP contribution in [0.15, 0.2) is 24.3 Å². The molecule has 1 rings (SSSR count). The molecule has 0 aliphatic carbocycles. The molecular formula is C11H13NO. The summed E-state index contributed by atoms with van der Waals surface area (Å²) in [5.41, 5.74) is 1.09. The van der Waals surface area contributed by atoms with Gasteiger partial charge in [0.15, 0.2) is 0 Å². The average molecular weight is 175 g/mol. The number of carbonyl (C=O) groups excluding carboxylic acids is 1. The Hall–Kier alpha value is -1.31. The molecule has 0 saturated heterocycles. The van der Waals surface area contributed by atoms with Crippen molar-refractivity contribution in [2.24, 2.45) is 0 Å². The minimum Gasteiger partial charge on any atom is -0.352 e. The maximum atomic E-state index is 11.1. The quantitative estimate of drug-likeness (QED) is 0.741.